The number of hydrogen-bond acceptors (Lipinski definition) is 4. The van der Waals surface area contributed by atoms with E-state index in [4.69, 9.17) is 4.74 Å². The van der Waals surface area contributed by atoms with Crippen molar-refractivity contribution in [3.63, 3.8) is 0 Å². The molecule has 1 aliphatic rings. The summed E-state index contributed by atoms with van der Waals surface area (Å²) < 4.78 is 32.2. The first-order valence-electron chi connectivity index (χ1n) is 10.6. The molecule has 1 aromatic heterocycles. The second-order valence-corrected chi connectivity index (χ2v) is 8.26. The Labute approximate surface area is 181 Å². The van der Waals surface area contributed by atoms with Gasteiger partial charge in [-0.05, 0) is 54.8 Å². The van der Waals surface area contributed by atoms with Crippen molar-refractivity contribution in [1.29, 1.82) is 0 Å². The van der Waals surface area contributed by atoms with E-state index in [9.17, 15) is 13.9 Å². The molecule has 0 radical (unpaired) electrons. The molecule has 4 rings (SSSR count). The minimum absolute atomic E-state index is 0.0952. The quantitative estimate of drug-likeness (QED) is 0.599. The van der Waals surface area contributed by atoms with Crippen molar-refractivity contribution in [1.82, 2.24) is 14.8 Å². The van der Waals surface area contributed by atoms with Gasteiger partial charge in [-0.2, -0.15) is 0 Å². The van der Waals surface area contributed by atoms with Gasteiger partial charge >= 0.3 is 0 Å². The summed E-state index contributed by atoms with van der Waals surface area (Å²) in [7, 11) is 1.67. The highest BCUT2D eigenvalue weighted by Crippen LogP contribution is 2.27. The summed E-state index contributed by atoms with van der Waals surface area (Å²) in [6.07, 6.45) is 0.642. The topological polar surface area (TPSA) is 51.7 Å². The lowest BCUT2D eigenvalue weighted by molar-refractivity contribution is 0.0493. The van der Waals surface area contributed by atoms with E-state index in [0.717, 1.165) is 43.0 Å². The monoisotopic (exact) mass is 429 g/mol. The van der Waals surface area contributed by atoms with E-state index in [2.05, 4.69) is 27.8 Å². The Bertz CT molecular complexity index is 1050. The number of aromatic amines is 1. The average Bonchev–Trinajstić information content (AvgIpc) is 3.07. The van der Waals surface area contributed by atoms with Crippen LogP contribution in [0.3, 0.4) is 0 Å². The number of H-pyrrole nitrogens is 1. The highest BCUT2D eigenvalue weighted by atomic mass is 19.2. The number of benzene rings is 2. The van der Waals surface area contributed by atoms with Crippen LogP contribution in [-0.2, 0) is 13.1 Å². The first-order valence-corrected chi connectivity index (χ1v) is 10.6. The van der Waals surface area contributed by atoms with Crippen molar-refractivity contribution in [2.45, 2.75) is 32.5 Å². The van der Waals surface area contributed by atoms with Crippen molar-refractivity contribution in [3.05, 3.63) is 64.9 Å². The van der Waals surface area contributed by atoms with Gasteiger partial charge in [0.2, 0.25) is 0 Å². The molecule has 0 saturated carbocycles. The molecule has 1 saturated heterocycles. The molecule has 0 amide bonds. The number of ether oxygens (including phenoxy) is 1. The zero-order valence-corrected chi connectivity index (χ0v) is 18.0. The summed E-state index contributed by atoms with van der Waals surface area (Å²) in [4.78, 5) is 8.17. The molecule has 1 fully saturated rings. The maximum absolute atomic E-state index is 13.6. The summed E-state index contributed by atoms with van der Waals surface area (Å²) in [6.45, 7) is 6.03. The van der Waals surface area contributed by atoms with Crippen LogP contribution in [-0.4, -0.2) is 59.3 Å². The molecule has 7 heteroatoms. The molecule has 1 aliphatic heterocycles. The Balaban J connectivity index is 1.46. The van der Waals surface area contributed by atoms with Gasteiger partial charge in [0.15, 0.2) is 11.6 Å². The molecule has 3 aromatic rings. The molecule has 0 unspecified atom stereocenters. The summed E-state index contributed by atoms with van der Waals surface area (Å²) in [5, 5.41) is 10.7. The van der Waals surface area contributed by atoms with Crippen molar-refractivity contribution in [3.8, 4) is 5.75 Å². The van der Waals surface area contributed by atoms with E-state index in [0.29, 0.717) is 13.0 Å². The zero-order chi connectivity index (χ0) is 22.0. The molecule has 5 nitrogen and oxygen atoms in total. The van der Waals surface area contributed by atoms with Crippen LogP contribution in [0, 0.1) is 18.6 Å². The Morgan fingerprint density at radius 1 is 1.10 bits per heavy atom. The minimum Gasteiger partial charge on any atom is -0.497 e. The molecule has 2 heterocycles. The first kappa shape index (κ1) is 21.7. The molecule has 0 bridgehead atoms. The van der Waals surface area contributed by atoms with Crippen LogP contribution < -0.4 is 4.74 Å². The van der Waals surface area contributed by atoms with E-state index in [1.165, 1.54) is 28.8 Å². The lowest BCUT2D eigenvalue weighted by atomic mass is 10.1. The average molecular weight is 430 g/mol. The fourth-order valence-corrected chi connectivity index (χ4v) is 4.47. The molecule has 31 heavy (non-hydrogen) atoms. The normalized spacial score (nSPS) is 18.0. The van der Waals surface area contributed by atoms with Crippen molar-refractivity contribution < 1.29 is 18.6 Å². The predicted molar refractivity (Wildman–Crippen MR) is 117 cm³/mol. The molecular weight excluding hydrogens is 400 g/mol. The highest BCUT2D eigenvalue weighted by Gasteiger charge is 2.27. The summed E-state index contributed by atoms with van der Waals surface area (Å²) >= 11 is 0. The lowest BCUT2D eigenvalue weighted by Gasteiger charge is -2.41. The number of fused-ring (bicyclic) bond motifs is 1. The Morgan fingerprint density at radius 2 is 1.94 bits per heavy atom. The van der Waals surface area contributed by atoms with Crippen LogP contribution in [0.25, 0.3) is 10.9 Å². The van der Waals surface area contributed by atoms with Gasteiger partial charge in [-0.1, -0.05) is 6.07 Å². The van der Waals surface area contributed by atoms with E-state index in [1.807, 2.05) is 12.1 Å². The first-order chi connectivity index (χ1) is 15.0. The van der Waals surface area contributed by atoms with Crippen molar-refractivity contribution >= 4 is 10.9 Å². The van der Waals surface area contributed by atoms with Gasteiger partial charge in [0.25, 0.3) is 0 Å². The fourth-order valence-electron chi connectivity index (χ4n) is 4.47. The van der Waals surface area contributed by atoms with Gasteiger partial charge in [0.1, 0.15) is 5.75 Å². The largest absolute Gasteiger partial charge is 0.497 e. The zero-order valence-electron chi connectivity index (χ0n) is 18.0. The van der Waals surface area contributed by atoms with Gasteiger partial charge in [0.05, 0.1) is 7.11 Å². The second kappa shape index (κ2) is 9.34. The van der Waals surface area contributed by atoms with Crippen LogP contribution in [0.5, 0.6) is 5.75 Å². The number of nitrogens with zero attached hydrogens (tertiary/aromatic N) is 2. The SMILES string of the molecule is COc1ccc2[nH]c(CN3CCN(Cc4ccc(F)c(F)c4)[C@@H](CCO)C3)c(C)c2c1. The van der Waals surface area contributed by atoms with Crippen molar-refractivity contribution in [2.24, 2.45) is 0 Å². The molecule has 0 aliphatic carbocycles. The fraction of sp³-hybridized carbons (Fsp3) is 0.417. The number of halogens is 2. The number of aryl methyl sites for hydroxylation is 1. The van der Waals surface area contributed by atoms with Gasteiger partial charge in [0, 0.05) is 62.0 Å². The molecule has 2 aromatic carbocycles. The van der Waals surface area contributed by atoms with Crippen LogP contribution in [0.15, 0.2) is 36.4 Å². The van der Waals surface area contributed by atoms with Crippen molar-refractivity contribution in [2.75, 3.05) is 33.4 Å². The van der Waals surface area contributed by atoms with Gasteiger partial charge in [-0.3, -0.25) is 9.80 Å². The second-order valence-electron chi connectivity index (χ2n) is 8.26. The third-order valence-corrected chi connectivity index (χ3v) is 6.27. The van der Waals surface area contributed by atoms with Gasteiger partial charge < -0.3 is 14.8 Å². The number of rotatable bonds is 7. The van der Waals surface area contributed by atoms with Gasteiger partial charge in [-0.25, -0.2) is 8.78 Å². The highest BCUT2D eigenvalue weighted by molar-refractivity contribution is 5.85. The van der Waals surface area contributed by atoms with Gasteiger partial charge in [-0.15, -0.1) is 0 Å². The van der Waals surface area contributed by atoms with E-state index in [1.54, 1.807) is 13.2 Å². The molecular formula is C24H29F2N3O2. The maximum atomic E-state index is 13.6. The number of hydrogen-bond donors (Lipinski definition) is 2. The molecule has 166 valence electrons. The third kappa shape index (κ3) is 4.74. The number of aliphatic hydroxyl groups is 1. The summed E-state index contributed by atoms with van der Waals surface area (Å²) in [5.74, 6) is -0.803. The summed E-state index contributed by atoms with van der Waals surface area (Å²) in [5.41, 5.74) is 4.24. The Hall–Kier alpha value is -2.48. The molecule has 0 spiro atoms. The Morgan fingerprint density at radius 3 is 2.68 bits per heavy atom. The van der Waals surface area contributed by atoms with E-state index >= 15 is 0 Å². The van der Waals surface area contributed by atoms with Crippen LogP contribution in [0.4, 0.5) is 8.78 Å². The molecule has 1 atom stereocenters. The maximum Gasteiger partial charge on any atom is 0.159 e. The van der Waals surface area contributed by atoms with Crippen LogP contribution in [0.1, 0.15) is 23.2 Å². The lowest BCUT2D eigenvalue weighted by Crippen LogP contribution is -2.52. The number of aliphatic hydroxyl groups excluding tert-OH is 1. The number of piperazine rings is 1. The molecule has 2 N–H and O–H groups in total. The third-order valence-electron chi connectivity index (χ3n) is 6.27. The summed E-state index contributed by atoms with van der Waals surface area (Å²) in [6, 6.07) is 10.3. The predicted octanol–water partition coefficient (Wildman–Crippen LogP) is 3.83. The van der Waals surface area contributed by atoms with E-state index in [-0.39, 0.29) is 12.6 Å². The standard InChI is InChI=1S/C24H29F2N3O2/c1-16-20-12-19(31-2)4-6-23(20)27-24(16)15-28-8-9-29(18(14-28)7-10-30)13-17-3-5-21(25)22(26)11-17/h3-6,11-12,18,27,30H,7-10,13-15H2,1-2H3/t18-/m0/s1. The number of aromatic nitrogens is 1. The number of methoxy groups -OCH3 is 1. The van der Waals surface area contributed by atoms with Crippen LogP contribution >= 0.6 is 0 Å². The smallest absolute Gasteiger partial charge is 0.159 e. The van der Waals surface area contributed by atoms with Crippen LogP contribution in [0.2, 0.25) is 0 Å². The Kier molecular flexibility index (Phi) is 6.55. The van der Waals surface area contributed by atoms with E-state index < -0.39 is 11.6 Å². The number of nitrogens with one attached hydrogen (secondary N) is 1. The minimum atomic E-state index is -0.827.